The van der Waals surface area contributed by atoms with E-state index in [1.54, 1.807) is 12.1 Å². The number of hydrogen-bond acceptors (Lipinski definition) is 4. The second kappa shape index (κ2) is 3.68. The molecule has 1 aromatic rings. The maximum absolute atomic E-state index is 9.77. The Morgan fingerprint density at radius 3 is 2.00 bits per heavy atom. The third-order valence-electron chi connectivity index (χ3n) is 5.18. The molecular formula is C16H22N2O2. The molecule has 2 N–H and O–H groups in total. The summed E-state index contributed by atoms with van der Waals surface area (Å²) >= 11 is 0. The van der Waals surface area contributed by atoms with Crippen LogP contribution in [0.25, 0.3) is 0 Å². The minimum Gasteiger partial charge on any atom is -0.504 e. The van der Waals surface area contributed by atoms with E-state index in [-0.39, 0.29) is 17.7 Å². The first-order chi connectivity index (χ1) is 9.38. The third-order valence-corrected chi connectivity index (χ3v) is 5.18. The molecule has 0 amide bonds. The molecule has 0 saturated carbocycles. The zero-order valence-corrected chi connectivity index (χ0v) is 12.1. The summed E-state index contributed by atoms with van der Waals surface area (Å²) in [5.74, 6) is -0.0578. The van der Waals surface area contributed by atoms with Gasteiger partial charge in [-0.3, -0.25) is 9.80 Å². The smallest absolute Gasteiger partial charge is 0.157 e. The van der Waals surface area contributed by atoms with E-state index in [2.05, 4.69) is 23.6 Å². The Bertz CT molecular complexity index is 536. The van der Waals surface area contributed by atoms with Gasteiger partial charge < -0.3 is 10.2 Å². The van der Waals surface area contributed by atoms with Crippen molar-refractivity contribution in [2.75, 3.05) is 26.2 Å². The summed E-state index contributed by atoms with van der Waals surface area (Å²) in [6.07, 6.45) is 1.57. The van der Waals surface area contributed by atoms with Crippen LogP contribution in [0.3, 0.4) is 0 Å². The summed E-state index contributed by atoms with van der Waals surface area (Å²) in [4.78, 5) is 5.09. The van der Waals surface area contributed by atoms with E-state index in [0.29, 0.717) is 10.8 Å². The van der Waals surface area contributed by atoms with Crippen LogP contribution >= 0.6 is 0 Å². The normalized spacial score (nSPS) is 45.8. The van der Waals surface area contributed by atoms with Crippen molar-refractivity contribution in [1.82, 2.24) is 9.80 Å². The summed E-state index contributed by atoms with van der Waals surface area (Å²) < 4.78 is 0. The molecule has 5 rings (SSSR count). The summed E-state index contributed by atoms with van der Waals surface area (Å²) in [6.45, 7) is 9.32. The zero-order valence-electron chi connectivity index (χ0n) is 12.1. The molecule has 108 valence electrons. The predicted octanol–water partition coefficient (Wildman–Crippen LogP) is 2.14. The fraction of sp³-hybridized carbons (Fsp3) is 0.625. The fourth-order valence-corrected chi connectivity index (χ4v) is 5.13. The van der Waals surface area contributed by atoms with Crippen LogP contribution in [-0.2, 0) is 0 Å². The van der Waals surface area contributed by atoms with Crippen molar-refractivity contribution < 1.29 is 10.2 Å². The number of phenolic OH excluding ortho intramolecular Hbond substituents is 2. The maximum Gasteiger partial charge on any atom is 0.157 e. The second-order valence-corrected chi connectivity index (χ2v) is 7.73. The van der Waals surface area contributed by atoms with E-state index in [1.165, 1.54) is 6.42 Å². The molecule has 4 bridgehead atoms. The molecule has 0 atom stereocenters. The van der Waals surface area contributed by atoms with Gasteiger partial charge in [-0.15, -0.1) is 0 Å². The Morgan fingerprint density at radius 2 is 1.50 bits per heavy atom. The molecule has 4 nitrogen and oxygen atoms in total. The van der Waals surface area contributed by atoms with Crippen molar-refractivity contribution in [3.63, 3.8) is 0 Å². The molecule has 4 aliphatic rings. The lowest BCUT2D eigenvalue weighted by molar-refractivity contribution is -0.194. The standard InChI is InChI=1S/C16H22N2O2/c1-15-6-16(2)9-17(7-15)14(18(8-15)10-16)11-3-4-12(19)13(20)5-11/h3-5,14,19-20H,6-10H2,1-2H3. The molecule has 0 aliphatic carbocycles. The van der Waals surface area contributed by atoms with Gasteiger partial charge >= 0.3 is 0 Å². The average Bonchev–Trinajstić information content (AvgIpc) is 2.29. The molecule has 1 aromatic carbocycles. The Labute approximate surface area is 119 Å². The number of rotatable bonds is 1. The summed E-state index contributed by atoms with van der Waals surface area (Å²) in [5.41, 5.74) is 1.90. The quantitative estimate of drug-likeness (QED) is 0.770. The van der Waals surface area contributed by atoms with Crippen molar-refractivity contribution in [3.8, 4) is 11.5 Å². The van der Waals surface area contributed by atoms with Gasteiger partial charge in [-0.2, -0.15) is 0 Å². The van der Waals surface area contributed by atoms with Crippen molar-refractivity contribution in [1.29, 1.82) is 0 Å². The van der Waals surface area contributed by atoms with Crippen LogP contribution in [0.15, 0.2) is 18.2 Å². The molecule has 0 unspecified atom stereocenters. The lowest BCUT2D eigenvalue weighted by atomic mass is 9.63. The number of piperidine rings is 2. The van der Waals surface area contributed by atoms with Crippen LogP contribution in [0.1, 0.15) is 32.0 Å². The van der Waals surface area contributed by atoms with E-state index in [9.17, 15) is 10.2 Å². The molecule has 4 saturated heterocycles. The van der Waals surface area contributed by atoms with Crippen LogP contribution in [0.4, 0.5) is 0 Å². The molecule has 4 fully saturated rings. The van der Waals surface area contributed by atoms with E-state index in [1.807, 2.05) is 6.07 Å². The molecule has 4 heterocycles. The highest BCUT2D eigenvalue weighted by Gasteiger charge is 2.56. The van der Waals surface area contributed by atoms with E-state index in [4.69, 9.17) is 0 Å². The molecule has 0 spiro atoms. The number of hydrogen-bond donors (Lipinski definition) is 2. The molecule has 0 aromatic heterocycles. The first-order valence-corrected chi connectivity index (χ1v) is 7.38. The summed E-state index contributed by atoms with van der Waals surface area (Å²) in [6, 6.07) is 5.25. The first kappa shape index (κ1) is 12.5. The van der Waals surface area contributed by atoms with Crippen molar-refractivity contribution >= 4 is 0 Å². The Hall–Kier alpha value is -1.26. The van der Waals surface area contributed by atoms with Gasteiger partial charge in [0, 0.05) is 26.2 Å². The van der Waals surface area contributed by atoms with Gasteiger partial charge in [0.25, 0.3) is 0 Å². The van der Waals surface area contributed by atoms with Crippen LogP contribution < -0.4 is 0 Å². The number of phenols is 2. The average molecular weight is 274 g/mol. The number of benzene rings is 1. The Morgan fingerprint density at radius 1 is 0.950 bits per heavy atom. The maximum atomic E-state index is 9.77. The van der Waals surface area contributed by atoms with Crippen molar-refractivity contribution in [2.24, 2.45) is 10.8 Å². The summed E-state index contributed by atoms with van der Waals surface area (Å²) in [7, 11) is 0. The molecule has 4 aliphatic heterocycles. The zero-order chi connectivity index (χ0) is 14.1. The van der Waals surface area contributed by atoms with E-state index in [0.717, 1.165) is 31.7 Å². The highest BCUT2D eigenvalue weighted by atomic mass is 16.3. The monoisotopic (exact) mass is 274 g/mol. The first-order valence-electron chi connectivity index (χ1n) is 7.38. The predicted molar refractivity (Wildman–Crippen MR) is 76.5 cm³/mol. The molecular weight excluding hydrogens is 252 g/mol. The van der Waals surface area contributed by atoms with Crippen LogP contribution in [-0.4, -0.2) is 46.2 Å². The van der Waals surface area contributed by atoms with Gasteiger partial charge in [0.1, 0.15) is 0 Å². The van der Waals surface area contributed by atoms with Gasteiger partial charge in [0.05, 0.1) is 6.17 Å². The molecule has 20 heavy (non-hydrogen) atoms. The molecule has 0 radical (unpaired) electrons. The van der Waals surface area contributed by atoms with Crippen LogP contribution in [0, 0.1) is 10.8 Å². The van der Waals surface area contributed by atoms with E-state index < -0.39 is 0 Å². The lowest BCUT2D eigenvalue weighted by Crippen LogP contribution is -2.70. The van der Waals surface area contributed by atoms with Gasteiger partial charge in [-0.1, -0.05) is 19.9 Å². The number of nitrogens with zero attached hydrogens (tertiary/aromatic N) is 2. The molecule has 4 heteroatoms. The minimum atomic E-state index is -0.0403. The van der Waals surface area contributed by atoms with Crippen LogP contribution in [0.5, 0.6) is 11.5 Å². The highest BCUT2D eigenvalue weighted by Crippen LogP contribution is 2.54. The second-order valence-electron chi connectivity index (χ2n) is 7.73. The van der Waals surface area contributed by atoms with E-state index >= 15 is 0 Å². The topological polar surface area (TPSA) is 46.9 Å². The lowest BCUT2D eigenvalue weighted by Gasteiger charge is -2.66. The van der Waals surface area contributed by atoms with Gasteiger partial charge in [0.2, 0.25) is 0 Å². The SMILES string of the molecule is CC12CN3CC(C)(CN(C1)C3c1ccc(O)c(O)c1)C2. The third kappa shape index (κ3) is 1.68. The van der Waals surface area contributed by atoms with Gasteiger partial charge in [-0.25, -0.2) is 0 Å². The number of aromatic hydroxyl groups is 2. The Balaban J connectivity index is 1.72. The Kier molecular flexibility index (Phi) is 2.30. The van der Waals surface area contributed by atoms with Gasteiger partial charge in [0.15, 0.2) is 11.5 Å². The van der Waals surface area contributed by atoms with Gasteiger partial charge in [-0.05, 0) is 34.9 Å². The fourth-order valence-electron chi connectivity index (χ4n) is 5.13. The highest BCUT2D eigenvalue weighted by molar-refractivity contribution is 5.42. The van der Waals surface area contributed by atoms with Crippen LogP contribution in [0.2, 0.25) is 0 Å². The minimum absolute atomic E-state index is 0.0175. The largest absolute Gasteiger partial charge is 0.504 e. The van der Waals surface area contributed by atoms with Crippen molar-refractivity contribution in [3.05, 3.63) is 23.8 Å². The van der Waals surface area contributed by atoms with Crippen molar-refractivity contribution in [2.45, 2.75) is 26.4 Å². The summed E-state index contributed by atoms with van der Waals surface area (Å²) in [5, 5.41) is 19.3.